The monoisotopic (exact) mass is 176 g/mol. The minimum atomic E-state index is -2.87. The van der Waals surface area contributed by atoms with Gasteiger partial charge in [0.1, 0.15) is 0 Å². The highest BCUT2D eigenvalue weighted by atomic mass is 31.2. The molecule has 1 aliphatic heterocycles. The summed E-state index contributed by atoms with van der Waals surface area (Å²) in [4.78, 5) is 0. The van der Waals surface area contributed by atoms with E-state index in [-0.39, 0.29) is 0 Å². The number of hydrogen-bond acceptors (Lipinski definition) is 3. The van der Waals surface area contributed by atoms with Gasteiger partial charge in [-0.15, -0.1) is 0 Å². The molecule has 0 saturated heterocycles. The molecule has 4 heteroatoms. The van der Waals surface area contributed by atoms with Crippen LogP contribution in [0.3, 0.4) is 0 Å². The Labute approximate surface area is 66.9 Å². The summed E-state index contributed by atoms with van der Waals surface area (Å²) in [6, 6.07) is 0. The number of hydrogen-bond donors (Lipinski definition) is 0. The molecule has 0 unspecified atom stereocenters. The van der Waals surface area contributed by atoms with Crippen LogP contribution in [0.1, 0.15) is 20.3 Å². The van der Waals surface area contributed by atoms with E-state index in [2.05, 4.69) is 0 Å². The third-order valence-corrected chi connectivity index (χ3v) is 3.60. The van der Waals surface area contributed by atoms with E-state index in [1.54, 1.807) is 6.08 Å². The van der Waals surface area contributed by atoms with Crippen molar-refractivity contribution in [3.05, 3.63) is 11.9 Å². The summed E-state index contributed by atoms with van der Waals surface area (Å²) >= 11 is 0. The maximum Gasteiger partial charge on any atom is 0.354 e. The fourth-order valence-electron chi connectivity index (χ4n) is 0.881. The van der Waals surface area contributed by atoms with Gasteiger partial charge in [0.2, 0.25) is 0 Å². The van der Waals surface area contributed by atoms with Crippen LogP contribution < -0.4 is 0 Å². The largest absolute Gasteiger partial charge is 0.354 e. The first-order valence-corrected chi connectivity index (χ1v) is 5.21. The first-order chi connectivity index (χ1) is 5.04. The molecule has 0 saturated carbocycles. The predicted octanol–water partition coefficient (Wildman–Crippen LogP) is 2.54. The molecule has 0 amide bonds. The van der Waals surface area contributed by atoms with Gasteiger partial charge < -0.3 is 4.52 Å². The van der Waals surface area contributed by atoms with Crippen LogP contribution in [0, 0.1) is 0 Å². The van der Waals surface area contributed by atoms with Crippen molar-refractivity contribution in [1.29, 1.82) is 0 Å². The molecule has 64 valence electrons. The lowest BCUT2D eigenvalue weighted by molar-refractivity contribution is 0.123. The Morgan fingerprint density at radius 1 is 1.73 bits per heavy atom. The average Bonchev–Trinajstić information content (AvgIpc) is 2.30. The molecule has 0 aromatic heterocycles. The maximum atomic E-state index is 11.4. The van der Waals surface area contributed by atoms with Crippen molar-refractivity contribution < 1.29 is 13.6 Å². The van der Waals surface area contributed by atoms with Crippen molar-refractivity contribution in [1.82, 2.24) is 0 Å². The Balaban J connectivity index is 2.77. The highest BCUT2D eigenvalue weighted by molar-refractivity contribution is 7.57. The van der Waals surface area contributed by atoms with Crippen LogP contribution in [0.2, 0.25) is 0 Å². The standard InChI is InChI=1S/C7H13O3P/c1-4-7(2)5-6-11(8,9-3)10-7/h5-6H,4H2,1-3H3/t7-,11+/m0/s1. The second kappa shape index (κ2) is 2.74. The van der Waals surface area contributed by atoms with Gasteiger partial charge in [0.25, 0.3) is 0 Å². The first kappa shape index (κ1) is 8.98. The second-order valence-corrected chi connectivity index (χ2v) is 4.72. The van der Waals surface area contributed by atoms with Crippen LogP contribution in [0.15, 0.2) is 11.9 Å². The van der Waals surface area contributed by atoms with E-state index < -0.39 is 13.2 Å². The molecule has 1 rings (SSSR count). The summed E-state index contributed by atoms with van der Waals surface area (Å²) < 4.78 is 21.4. The molecule has 0 aromatic carbocycles. The highest BCUT2D eigenvalue weighted by Gasteiger charge is 2.37. The Bertz CT molecular complexity index is 224. The van der Waals surface area contributed by atoms with Crippen molar-refractivity contribution in [2.24, 2.45) is 0 Å². The molecule has 11 heavy (non-hydrogen) atoms. The molecular weight excluding hydrogens is 163 g/mol. The lowest BCUT2D eigenvalue weighted by Gasteiger charge is -2.20. The fourth-order valence-corrected chi connectivity index (χ4v) is 2.41. The normalized spacial score (nSPS) is 43.2. The maximum absolute atomic E-state index is 11.4. The summed E-state index contributed by atoms with van der Waals surface area (Å²) in [5.41, 5.74) is -0.397. The smallest absolute Gasteiger partial charge is 0.309 e. The summed E-state index contributed by atoms with van der Waals surface area (Å²) in [5, 5.41) is 0. The van der Waals surface area contributed by atoms with Crippen LogP contribution in [0.4, 0.5) is 0 Å². The Morgan fingerprint density at radius 3 is 2.64 bits per heavy atom. The zero-order valence-corrected chi connectivity index (χ0v) is 7.93. The van der Waals surface area contributed by atoms with Gasteiger partial charge in [0, 0.05) is 12.9 Å². The topological polar surface area (TPSA) is 35.5 Å². The van der Waals surface area contributed by atoms with Crippen molar-refractivity contribution >= 4 is 7.60 Å². The third-order valence-electron chi connectivity index (χ3n) is 1.90. The molecule has 1 heterocycles. The van der Waals surface area contributed by atoms with Crippen molar-refractivity contribution in [2.75, 3.05) is 7.11 Å². The van der Waals surface area contributed by atoms with E-state index in [1.165, 1.54) is 12.9 Å². The van der Waals surface area contributed by atoms with Crippen LogP contribution >= 0.6 is 7.60 Å². The zero-order chi connectivity index (χ0) is 8.54. The van der Waals surface area contributed by atoms with E-state index in [0.29, 0.717) is 0 Å². The van der Waals surface area contributed by atoms with Crippen LogP contribution in [-0.2, 0) is 13.6 Å². The lowest BCUT2D eigenvalue weighted by atomic mass is 10.1. The van der Waals surface area contributed by atoms with E-state index in [1.807, 2.05) is 13.8 Å². The van der Waals surface area contributed by atoms with Gasteiger partial charge in [-0.05, 0) is 19.4 Å². The Morgan fingerprint density at radius 2 is 2.36 bits per heavy atom. The molecule has 0 bridgehead atoms. The quantitative estimate of drug-likeness (QED) is 0.606. The predicted molar refractivity (Wildman–Crippen MR) is 43.5 cm³/mol. The Hall–Kier alpha value is -0.110. The van der Waals surface area contributed by atoms with Crippen LogP contribution in [-0.4, -0.2) is 12.7 Å². The molecule has 0 N–H and O–H groups in total. The molecule has 2 atom stereocenters. The summed E-state index contributed by atoms with van der Waals surface area (Å²) in [6.07, 6.45) is 2.61. The molecule has 0 aromatic rings. The van der Waals surface area contributed by atoms with Crippen molar-refractivity contribution in [2.45, 2.75) is 25.9 Å². The molecule has 0 fully saturated rings. The van der Waals surface area contributed by atoms with E-state index in [0.717, 1.165) is 6.42 Å². The minimum Gasteiger partial charge on any atom is -0.309 e. The van der Waals surface area contributed by atoms with Gasteiger partial charge in [-0.25, -0.2) is 0 Å². The summed E-state index contributed by atoms with van der Waals surface area (Å²) in [7, 11) is -1.47. The SMILES string of the molecule is CC[C@@]1(C)C=C[P@@](=O)(OC)O1. The first-order valence-electron chi connectivity index (χ1n) is 3.60. The van der Waals surface area contributed by atoms with Gasteiger partial charge in [-0.1, -0.05) is 6.92 Å². The molecular formula is C7H13O3P. The minimum absolute atomic E-state index is 0.397. The molecule has 0 radical (unpaired) electrons. The highest BCUT2D eigenvalue weighted by Crippen LogP contribution is 2.58. The molecule has 1 aliphatic rings. The van der Waals surface area contributed by atoms with Gasteiger partial charge in [-0.3, -0.25) is 9.09 Å². The molecule has 0 spiro atoms. The van der Waals surface area contributed by atoms with Gasteiger partial charge in [0.05, 0.1) is 5.60 Å². The van der Waals surface area contributed by atoms with Gasteiger partial charge in [-0.2, -0.15) is 0 Å². The second-order valence-electron chi connectivity index (χ2n) is 2.80. The molecule has 0 aliphatic carbocycles. The number of rotatable bonds is 2. The van der Waals surface area contributed by atoms with Crippen LogP contribution in [0.5, 0.6) is 0 Å². The third kappa shape index (κ3) is 1.73. The summed E-state index contributed by atoms with van der Waals surface area (Å²) in [6.45, 7) is 3.87. The Kier molecular flexibility index (Phi) is 2.24. The van der Waals surface area contributed by atoms with Gasteiger partial charge in [0.15, 0.2) is 0 Å². The summed E-state index contributed by atoms with van der Waals surface area (Å²) in [5.74, 6) is 1.52. The molecule has 3 nitrogen and oxygen atoms in total. The van der Waals surface area contributed by atoms with E-state index in [9.17, 15) is 4.57 Å². The average molecular weight is 176 g/mol. The van der Waals surface area contributed by atoms with Crippen molar-refractivity contribution in [3.8, 4) is 0 Å². The van der Waals surface area contributed by atoms with Gasteiger partial charge >= 0.3 is 7.60 Å². The van der Waals surface area contributed by atoms with E-state index >= 15 is 0 Å². The lowest BCUT2D eigenvalue weighted by Crippen LogP contribution is -2.19. The van der Waals surface area contributed by atoms with E-state index in [4.69, 9.17) is 9.05 Å². The zero-order valence-electron chi connectivity index (χ0n) is 7.03. The van der Waals surface area contributed by atoms with Crippen molar-refractivity contribution in [3.63, 3.8) is 0 Å². The fraction of sp³-hybridized carbons (Fsp3) is 0.714. The van der Waals surface area contributed by atoms with Crippen LogP contribution in [0.25, 0.3) is 0 Å².